The average molecular weight is 421 g/mol. The van der Waals surface area contributed by atoms with Crippen LogP contribution in [0.5, 0.6) is 5.75 Å². The van der Waals surface area contributed by atoms with E-state index in [1.807, 2.05) is 25.1 Å². The molecule has 0 aromatic heterocycles. The molecule has 1 aliphatic heterocycles. The molecule has 2 aromatic rings. The summed E-state index contributed by atoms with van der Waals surface area (Å²) in [5.41, 5.74) is 1.89. The lowest BCUT2D eigenvalue weighted by Gasteiger charge is -2.32. The van der Waals surface area contributed by atoms with Gasteiger partial charge in [-0.2, -0.15) is 0 Å². The molecule has 1 aliphatic rings. The van der Waals surface area contributed by atoms with Crippen molar-refractivity contribution >= 4 is 23.3 Å². The predicted molar refractivity (Wildman–Crippen MR) is 106 cm³/mol. The molecule has 2 N–H and O–H groups in total. The number of urea groups is 1. The number of nitrogens with zero attached hydrogens (tertiary/aromatic N) is 1. The molecule has 1 fully saturated rings. The number of halogens is 3. The zero-order valence-corrected chi connectivity index (χ0v) is 16.3. The number of anilines is 2. The molecule has 6 nitrogen and oxygen atoms in total. The van der Waals surface area contributed by atoms with Gasteiger partial charge in [0.05, 0.1) is 5.92 Å². The van der Waals surface area contributed by atoms with Crippen LogP contribution in [-0.2, 0) is 4.79 Å². The molecule has 160 valence electrons. The number of carbonyl (C=O) groups excluding carboxylic acids is 2. The van der Waals surface area contributed by atoms with Crippen molar-refractivity contribution in [1.82, 2.24) is 4.90 Å². The number of benzene rings is 2. The standard InChI is InChI=1S/C21H22F3N3O3/c1-14-5-2-7-16(11-14)26-20(29)27-10-4-6-15(13-27)19(28)25-17-8-3-9-18(12-17)30-21(22,23)24/h2-3,5,7-9,11-12,15H,4,6,10,13H2,1H3,(H,25,28)(H,26,29). The van der Waals surface area contributed by atoms with Crippen LogP contribution in [0.25, 0.3) is 0 Å². The Morgan fingerprint density at radius 2 is 1.77 bits per heavy atom. The number of alkyl halides is 3. The van der Waals surface area contributed by atoms with Crippen molar-refractivity contribution in [3.8, 4) is 5.75 Å². The quantitative estimate of drug-likeness (QED) is 0.747. The van der Waals surface area contributed by atoms with Crippen molar-refractivity contribution in [2.75, 3.05) is 23.7 Å². The van der Waals surface area contributed by atoms with E-state index in [2.05, 4.69) is 15.4 Å². The summed E-state index contributed by atoms with van der Waals surface area (Å²) in [4.78, 5) is 26.7. The number of carbonyl (C=O) groups is 2. The maximum atomic E-state index is 12.6. The van der Waals surface area contributed by atoms with Crippen molar-refractivity contribution in [3.05, 3.63) is 54.1 Å². The highest BCUT2D eigenvalue weighted by atomic mass is 19.4. The van der Waals surface area contributed by atoms with Crippen LogP contribution in [0.3, 0.4) is 0 Å². The fraction of sp³-hybridized carbons (Fsp3) is 0.333. The van der Waals surface area contributed by atoms with Gasteiger partial charge >= 0.3 is 12.4 Å². The van der Waals surface area contributed by atoms with Crippen LogP contribution in [-0.4, -0.2) is 36.3 Å². The third-order valence-corrected chi connectivity index (χ3v) is 4.68. The highest BCUT2D eigenvalue weighted by Gasteiger charge is 2.31. The van der Waals surface area contributed by atoms with Crippen LogP contribution >= 0.6 is 0 Å². The third-order valence-electron chi connectivity index (χ3n) is 4.68. The van der Waals surface area contributed by atoms with Crippen molar-refractivity contribution < 1.29 is 27.5 Å². The largest absolute Gasteiger partial charge is 0.573 e. The maximum Gasteiger partial charge on any atom is 0.573 e. The summed E-state index contributed by atoms with van der Waals surface area (Å²) in [5, 5.41) is 5.43. The summed E-state index contributed by atoms with van der Waals surface area (Å²) in [6, 6.07) is 12.2. The van der Waals surface area contributed by atoms with Gasteiger partial charge in [-0.15, -0.1) is 13.2 Å². The van der Waals surface area contributed by atoms with E-state index in [1.54, 1.807) is 11.0 Å². The third kappa shape index (κ3) is 6.13. The van der Waals surface area contributed by atoms with E-state index >= 15 is 0 Å². The second-order valence-electron chi connectivity index (χ2n) is 7.15. The van der Waals surface area contributed by atoms with Gasteiger partial charge in [-0.05, 0) is 49.6 Å². The van der Waals surface area contributed by atoms with Gasteiger partial charge in [0.15, 0.2) is 0 Å². The molecule has 9 heteroatoms. The molecular weight excluding hydrogens is 399 g/mol. The smallest absolute Gasteiger partial charge is 0.406 e. The molecule has 0 bridgehead atoms. The second-order valence-corrected chi connectivity index (χ2v) is 7.15. The minimum Gasteiger partial charge on any atom is -0.406 e. The van der Waals surface area contributed by atoms with Crippen molar-refractivity contribution in [1.29, 1.82) is 0 Å². The van der Waals surface area contributed by atoms with Crippen LogP contribution in [0.15, 0.2) is 48.5 Å². The van der Waals surface area contributed by atoms with Gasteiger partial charge in [-0.25, -0.2) is 4.79 Å². The van der Waals surface area contributed by atoms with Crippen LogP contribution < -0.4 is 15.4 Å². The SMILES string of the molecule is Cc1cccc(NC(=O)N2CCCC(C(=O)Nc3cccc(OC(F)(F)F)c3)C2)c1. The lowest BCUT2D eigenvalue weighted by Crippen LogP contribution is -2.45. The molecule has 1 unspecified atom stereocenters. The van der Waals surface area contributed by atoms with Crippen molar-refractivity contribution in [3.63, 3.8) is 0 Å². The highest BCUT2D eigenvalue weighted by molar-refractivity contribution is 5.94. The Bertz CT molecular complexity index is 918. The number of rotatable bonds is 4. The van der Waals surface area contributed by atoms with Gasteiger partial charge in [0, 0.05) is 30.5 Å². The number of likely N-dealkylation sites (tertiary alicyclic amines) is 1. The first-order valence-corrected chi connectivity index (χ1v) is 9.49. The number of aryl methyl sites for hydroxylation is 1. The van der Waals surface area contributed by atoms with E-state index in [0.29, 0.717) is 25.1 Å². The van der Waals surface area contributed by atoms with Crippen LogP contribution in [0.4, 0.5) is 29.3 Å². The molecule has 0 spiro atoms. The van der Waals surface area contributed by atoms with Gasteiger partial charge < -0.3 is 20.3 Å². The predicted octanol–water partition coefficient (Wildman–Crippen LogP) is 4.78. The Labute approximate surface area is 172 Å². The van der Waals surface area contributed by atoms with Gasteiger partial charge in [-0.1, -0.05) is 18.2 Å². The molecule has 0 radical (unpaired) electrons. The topological polar surface area (TPSA) is 70.7 Å². The van der Waals surface area contributed by atoms with Gasteiger partial charge in [0.25, 0.3) is 0 Å². The van der Waals surface area contributed by atoms with Gasteiger partial charge in [0.1, 0.15) is 5.75 Å². The van der Waals surface area contributed by atoms with E-state index in [1.165, 1.54) is 12.1 Å². The fourth-order valence-electron chi connectivity index (χ4n) is 3.32. The summed E-state index contributed by atoms with van der Waals surface area (Å²) in [6.45, 7) is 2.67. The van der Waals surface area contributed by atoms with E-state index in [9.17, 15) is 22.8 Å². The Hall–Kier alpha value is -3.23. The first kappa shape index (κ1) is 21.5. The molecule has 1 heterocycles. The number of amides is 3. The monoisotopic (exact) mass is 421 g/mol. The fourth-order valence-corrected chi connectivity index (χ4v) is 3.32. The summed E-state index contributed by atoms with van der Waals surface area (Å²) in [5.74, 6) is -1.23. The highest BCUT2D eigenvalue weighted by Crippen LogP contribution is 2.26. The van der Waals surface area contributed by atoms with E-state index < -0.39 is 18.0 Å². The van der Waals surface area contributed by atoms with Crippen LogP contribution in [0.2, 0.25) is 0 Å². The van der Waals surface area contributed by atoms with Crippen LogP contribution in [0.1, 0.15) is 18.4 Å². The van der Waals surface area contributed by atoms with E-state index in [0.717, 1.165) is 17.7 Å². The molecule has 2 aromatic carbocycles. The number of nitrogens with one attached hydrogen (secondary N) is 2. The molecule has 0 aliphatic carbocycles. The summed E-state index contributed by atoms with van der Waals surface area (Å²) in [6.07, 6.45) is -3.58. The summed E-state index contributed by atoms with van der Waals surface area (Å²) < 4.78 is 41.0. The number of ether oxygens (including phenoxy) is 1. The molecule has 0 saturated carbocycles. The lowest BCUT2D eigenvalue weighted by atomic mass is 9.97. The lowest BCUT2D eigenvalue weighted by molar-refractivity contribution is -0.274. The zero-order valence-electron chi connectivity index (χ0n) is 16.3. The molecular formula is C21H22F3N3O3. The van der Waals surface area contributed by atoms with Gasteiger partial charge in [-0.3, -0.25) is 4.79 Å². The summed E-state index contributed by atoms with van der Waals surface area (Å²) in [7, 11) is 0. The first-order chi connectivity index (χ1) is 14.2. The first-order valence-electron chi connectivity index (χ1n) is 9.49. The Balaban J connectivity index is 1.59. The van der Waals surface area contributed by atoms with E-state index in [4.69, 9.17) is 0 Å². The Kier molecular flexibility index (Phi) is 6.49. The molecule has 3 amide bonds. The number of hydrogen-bond acceptors (Lipinski definition) is 3. The molecule has 3 rings (SSSR count). The molecule has 1 saturated heterocycles. The zero-order chi connectivity index (χ0) is 21.7. The van der Waals surface area contributed by atoms with E-state index in [-0.39, 0.29) is 24.2 Å². The normalized spacial score (nSPS) is 16.7. The molecule has 1 atom stereocenters. The summed E-state index contributed by atoms with van der Waals surface area (Å²) >= 11 is 0. The van der Waals surface area contributed by atoms with Gasteiger partial charge in [0.2, 0.25) is 5.91 Å². The minimum absolute atomic E-state index is 0.197. The Morgan fingerprint density at radius 1 is 1.07 bits per heavy atom. The average Bonchev–Trinajstić information content (AvgIpc) is 2.67. The molecule has 30 heavy (non-hydrogen) atoms. The Morgan fingerprint density at radius 3 is 2.47 bits per heavy atom. The number of piperidine rings is 1. The van der Waals surface area contributed by atoms with Crippen LogP contribution in [0, 0.1) is 12.8 Å². The number of hydrogen-bond donors (Lipinski definition) is 2. The van der Waals surface area contributed by atoms with Crippen molar-refractivity contribution in [2.45, 2.75) is 26.1 Å². The minimum atomic E-state index is -4.81. The maximum absolute atomic E-state index is 12.6. The van der Waals surface area contributed by atoms with Crippen molar-refractivity contribution in [2.24, 2.45) is 5.92 Å². The second kappa shape index (κ2) is 9.06.